The van der Waals surface area contributed by atoms with Crippen molar-refractivity contribution >= 4 is 20.9 Å². The van der Waals surface area contributed by atoms with Crippen LogP contribution in [-0.2, 0) is 16.4 Å². The molecule has 0 saturated heterocycles. The Morgan fingerprint density at radius 1 is 0.882 bits per heavy atom. The van der Waals surface area contributed by atoms with Gasteiger partial charge >= 0.3 is 0 Å². The van der Waals surface area contributed by atoms with Crippen molar-refractivity contribution in [2.24, 2.45) is 0 Å². The molecule has 4 rings (SSSR count). The summed E-state index contributed by atoms with van der Waals surface area (Å²) in [5, 5.41) is 0.582. The average molecular weight is 483 g/mol. The predicted molar refractivity (Wildman–Crippen MR) is 127 cm³/mol. The molecule has 0 unspecified atom stereocenters. The van der Waals surface area contributed by atoms with Gasteiger partial charge in [0.25, 0.3) is 0 Å². The van der Waals surface area contributed by atoms with Crippen LogP contribution in [0, 0.1) is 5.82 Å². The SMILES string of the molecule is COc1cc2nccc(Oc3ccc(S(=O)(=O)NCCc4ccccc4)cc3F)c2cc1OC. The molecule has 0 radical (unpaired) electrons. The van der Waals surface area contributed by atoms with Gasteiger partial charge in [0.2, 0.25) is 10.0 Å². The minimum atomic E-state index is -3.88. The van der Waals surface area contributed by atoms with Crippen molar-refractivity contribution in [2.45, 2.75) is 11.3 Å². The number of ether oxygens (including phenoxy) is 3. The first-order valence-electron chi connectivity index (χ1n) is 10.4. The summed E-state index contributed by atoms with van der Waals surface area (Å²) >= 11 is 0. The van der Waals surface area contributed by atoms with Crippen molar-refractivity contribution in [2.75, 3.05) is 20.8 Å². The summed E-state index contributed by atoms with van der Waals surface area (Å²) in [6, 6.07) is 18.0. The van der Waals surface area contributed by atoms with Crippen molar-refractivity contribution in [3.63, 3.8) is 0 Å². The molecule has 1 N–H and O–H groups in total. The smallest absolute Gasteiger partial charge is 0.240 e. The van der Waals surface area contributed by atoms with E-state index in [0.717, 1.165) is 11.6 Å². The normalized spacial score (nSPS) is 11.4. The molecule has 9 heteroatoms. The molecule has 1 aromatic heterocycles. The fourth-order valence-electron chi connectivity index (χ4n) is 3.44. The summed E-state index contributed by atoms with van der Waals surface area (Å²) in [4.78, 5) is 4.11. The molecule has 176 valence electrons. The Labute approximate surface area is 197 Å². The molecule has 0 aliphatic heterocycles. The summed E-state index contributed by atoms with van der Waals surface area (Å²) in [6.07, 6.45) is 2.05. The van der Waals surface area contributed by atoms with E-state index in [-0.39, 0.29) is 17.2 Å². The molecule has 1 heterocycles. The van der Waals surface area contributed by atoms with E-state index in [2.05, 4.69) is 9.71 Å². The Morgan fingerprint density at radius 2 is 1.62 bits per heavy atom. The number of nitrogens with zero attached hydrogens (tertiary/aromatic N) is 1. The highest BCUT2D eigenvalue weighted by Gasteiger charge is 2.18. The maximum Gasteiger partial charge on any atom is 0.240 e. The quantitative estimate of drug-likeness (QED) is 0.372. The summed E-state index contributed by atoms with van der Waals surface area (Å²) in [5.74, 6) is 0.375. The molecule has 0 saturated carbocycles. The van der Waals surface area contributed by atoms with E-state index in [0.29, 0.717) is 34.6 Å². The minimum absolute atomic E-state index is 0.120. The Bertz CT molecular complexity index is 1410. The van der Waals surface area contributed by atoms with Crippen molar-refractivity contribution in [1.29, 1.82) is 0 Å². The number of nitrogens with one attached hydrogen (secondary N) is 1. The van der Waals surface area contributed by atoms with Crippen LogP contribution in [0.5, 0.6) is 23.0 Å². The van der Waals surface area contributed by atoms with E-state index in [1.54, 1.807) is 18.2 Å². The Balaban J connectivity index is 1.54. The van der Waals surface area contributed by atoms with Crippen molar-refractivity contribution in [3.05, 3.63) is 84.3 Å². The first-order chi connectivity index (χ1) is 16.4. The van der Waals surface area contributed by atoms with Crippen LogP contribution in [0.1, 0.15) is 5.56 Å². The van der Waals surface area contributed by atoms with Crippen LogP contribution in [0.15, 0.2) is 77.8 Å². The lowest BCUT2D eigenvalue weighted by Gasteiger charge is -2.13. The van der Waals surface area contributed by atoms with Gasteiger partial charge in [0.05, 0.1) is 24.6 Å². The van der Waals surface area contributed by atoms with E-state index in [1.807, 2.05) is 30.3 Å². The molecule has 0 bridgehead atoms. The van der Waals surface area contributed by atoms with Crippen LogP contribution < -0.4 is 18.9 Å². The Kier molecular flexibility index (Phi) is 6.95. The fourth-order valence-corrected chi connectivity index (χ4v) is 4.49. The molecule has 0 atom stereocenters. The zero-order valence-electron chi connectivity index (χ0n) is 18.6. The van der Waals surface area contributed by atoms with Crippen LogP contribution in [0.25, 0.3) is 10.9 Å². The van der Waals surface area contributed by atoms with Crippen LogP contribution in [0.4, 0.5) is 4.39 Å². The van der Waals surface area contributed by atoms with Gasteiger partial charge < -0.3 is 14.2 Å². The van der Waals surface area contributed by atoms with Crippen LogP contribution in [0.2, 0.25) is 0 Å². The lowest BCUT2D eigenvalue weighted by Crippen LogP contribution is -2.26. The molecule has 0 fully saturated rings. The van der Waals surface area contributed by atoms with Gasteiger partial charge in [-0.05, 0) is 42.3 Å². The summed E-state index contributed by atoms with van der Waals surface area (Å²) < 4.78 is 58.9. The average Bonchev–Trinajstić information content (AvgIpc) is 2.85. The van der Waals surface area contributed by atoms with Gasteiger partial charge in [-0.25, -0.2) is 17.5 Å². The zero-order chi connectivity index (χ0) is 24.1. The number of pyridine rings is 1. The number of aromatic nitrogens is 1. The van der Waals surface area contributed by atoms with Gasteiger partial charge in [-0.15, -0.1) is 0 Å². The second-order valence-electron chi connectivity index (χ2n) is 7.36. The van der Waals surface area contributed by atoms with Gasteiger partial charge in [0.15, 0.2) is 23.1 Å². The number of hydrogen-bond donors (Lipinski definition) is 1. The summed E-state index contributed by atoms with van der Waals surface area (Å²) in [7, 11) is -0.853. The number of halogens is 1. The monoisotopic (exact) mass is 482 g/mol. The van der Waals surface area contributed by atoms with Gasteiger partial charge in [-0.3, -0.25) is 4.98 Å². The van der Waals surface area contributed by atoms with Crippen molar-refractivity contribution < 1.29 is 27.0 Å². The zero-order valence-corrected chi connectivity index (χ0v) is 19.4. The Morgan fingerprint density at radius 3 is 2.32 bits per heavy atom. The van der Waals surface area contributed by atoms with Crippen LogP contribution >= 0.6 is 0 Å². The summed E-state index contributed by atoms with van der Waals surface area (Å²) in [6.45, 7) is 0.195. The highest BCUT2D eigenvalue weighted by Crippen LogP contribution is 2.37. The van der Waals surface area contributed by atoms with Crippen molar-refractivity contribution in [3.8, 4) is 23.0 Å². The second-order valence-corrected chi connectivity index (χ2v) is 9.13. The van der Waals surface area contributed by atoms with Gasteiger partial charge in [0.1, 0.15) is 5.75 Å². The molecule has 0 aliphatic rings. The molecule has 7 nitrogen and oxygen atoms in total. The lowest BCUT2D eigenvalue weighted by atomic mass is 10.2. The largest absolute Gasteiger partial charge is 0.493 e. The lowest BCUT2D eigenvalue weighted by molar-refractivity contribution is 0.355. The molecule has 3 aromatic carbocycles. The highest BCUT2D eigenvalue weighted by molar-refractivity contribution is 7.89. The third-order valence-electron chi connectivity index (χ3n) is 5.19. The second kappa shape index (κ2) is 10.1. The summed E-state index contributed by atoms with van der Waals surface area (Å²) in [5.41, 5.74) is 1.57. The number of hydrogen-bond acceptors (Lipinski definition) is 6. The molecular formula is C25H23FN2O5S. The first-order valence-corrected chi connectivity index (χ1v) is 11.9. The maximum atomic E-state index is 14.8. The third kappa shape index (κ3) is 5.11. The van der Waals surface area contributed by atoms with E-state index in [4.69, 9.17) is 14.2 Å². The van der Waals surface area contributed by atoms with E-state index >= 15 is 0 Å². The van der Waals surface area contributed by atoms with E-state index in [9.17, 15) is 12.8 Å². The number of fused-ring (bicyclic) bond motifs is 1. The fraction of sp³-hybridized carbons (Fsp3) is 0.160. The molecule has 0 aliphatic carbocycles. The van der Waals surface area contributed by atoms with Gasteiger partial charge in [-0.2, -0.15) is 0 Å². The number of benzene rings is 3. The van der Waals surface area contributed by atoms with E-state index in [1.165, 1.54) is 32.5 Å². The number of sulfonamides is 1. The molecular weight excluding hydrogens is 459 g/mol. The van der Waals surface area contributed by atoms with E-state index < -0.39 is 15.8 Å². The highest BCUT2D eigenvalue weighted by atomic mass is 32.2. The molecule has 0 spiro atoms. The van der Waals surface area contributed by atoms with Gasteiger partial charge in [0, 0.05) is 24.2 Å². The number of rotatable bonds is 9. The number of methoxy groups -OCH3 is 2. The maximum absolute atomic E-state index is 14.8. The molecule has 34 heavy (non-hydrogen) atoms. The first kappa shape index (κ1) is 23.5. The minimum Gasteiger partial charge on any atom is -0.493 e. The van der Waals surface area contributed by atoms with Crippen LogP contribution in [-0.4, -0.2) is 34.2 Å². The standard InChI is InChI=1S/C25H23FN2O5S/c1-31-24-15-19-21(16-25(24)32-2)27-12-11-22(19)33-23-9-8-18(14-20(23)26)34(29,30)28-13-10-17-6-4-3-5-7-17/h3-9,11-12,14-16,28H,10,13H2,1-2H3. The molecule has 0 amide bonds. The molecule has 4 aromatic rings. The third-order valence-corrected chi connectivity index (χ3v) is 6.65. The predicted octanol–water partition coefficient (Wildman–Crippen LogP) is 4.70. The van der Waals surface area contributed by atoms with Crippen LogP contribution in [0.3, 0.4) is 0 Å². The van der Waals surface area contributed by atoms with Gasteiger partial charge in [-0.1, -0.05) is 30.3 Å². The Hall–Kier alpha value is -3.69. The topological polar surface area (TPSA) is 86.8 Å². The van der Waals surface area contributed by atoms with Crippen molar-refractivity contribution in [1.82, 2.24) is 9.71 Å².